The van der Waals surface area contributed by atoms with Gasteiger partial charge in [0.05, 0.1) is 7.11 Å². The van der Waals surface area contributed by atoms with Gasteiger partial charge < -0.3 is 15.2 Å². The largest absolute Gasteiger partial charge is 0.504 e. The second-order valence-electron chi connectivity index (χ2n) is 7.41. The van der Waals surface area contributed by atoms with Crippen molar-refractivity contribution in [2.75, 3.05) is 7.11 Å². The first-order valence-electron chi connectivity index (χ1n) is 10.9. The number of carbonyl (C=O) groups is 1. The lowest BCUT2D eigenvalue weighted by molar-refractivity contribution is -0.121. The van der Waals surface area contributed by atoms with Crippen molar-refractivity contribution in [3.8, 4) is 11.5 Å². The maximum Gasteiger partial charge on any atom is 0.220 e. The van der Waals surface area contributed by atoms with E-state index >= 15 is 0 Å². The van der Waals surface area contributed by atoms with E-state index in [1.54, 1.807) is 18.2 Å². The normalized spacial score (nSPS) is 11.1. The topological polar surface area (TPSA) is 58.6 Å². The van der Waals surface area contributed by atoms with Crippen molar-refractivity contribution in [1.82, 2.24) is 5.32 Å². The predicted molar refractivity (Wildman–Crippen MR) is 117 cm³/mol. The molecule has 0 aromatic heterocycles. The monoisotopic (exact) mass is 389 g/mol. The van der Waals surface area contributed by atoms with Crippen LogP contribution in [-0.4, -0.2) is 18.1 Å². The minimum Gasteiger partial charge on any atom is -0.504 e. The molecule has 0 saturated heterocycles. The van der Waals surface area contributed by atoms with Gasteiger partial charge >= 0.3 is 0 Å². The third-order valence-corrected chi connectivity index (χ3v) is 4.90. The molecule has 1 aromatic carbocycles. The molecule has 0 heterocycles. The number of carbonyl (C=O) groups excluding carboxylic acids is 1. The van der Waals surface area contributed by atoms with Gasteiger partial charge in [-0.25, -0.2) is 0 Å². The van der Waals surface area contributed by atoms with Gasteiger partial charge in [-0.05, 0) is 49.8 Å². The average Bonchev–Trinajstić information content (AvgIpc) is 2.70. The summed E-state index contributed by atoms with van der Waals surface area (Å²) in [6, 6.07) is 5.12. The zero-order valence-corrected chi connectivity index (χ0v) is 17.8. The number of phenols is 1. The lowest BCUT2D eigenvalue weighted by Gasteiger charge is -2.08. The molecule has 0 atom stereocenters. The Morgan fingerprint density at radius 3 is 2.32 bits per heavy atom. The van der Waals surface area contributed by atoms with Crippen LogP contribution in [0.2, 0.25) is 0 Å². The molecule has 1 aromatic rings. The second kappa shape index (κ2) is 16.0. The van der Waals surface area contributed by atoms with E-state index in [-0.39, 0.29) is 11.7 Å². The molecule has 158 valence electrons. The van der Waals surface area contributed by atoms with Gasteiger partial charge in [0.2, 0.25) is 5.91 Å². The Kier molecular flexibility index (Phi) is 13.8. The fourth-order valence-electron chi connectivity index (χ4n) is 3.12. The van der Waals surface area contributed by atoms with Gasteiger partial charge in [0.1, 0.15) is 0 Å². The Hall–Kier alpha value is -1.97. The highest BCUT2D eigenvalue weighted by Gasteiger charge is 2.05. The van der Waals surface area contributed by atoms with Gasteiger partial charge in [-0.1, -0.05) is 63.7 Å². The van der Waals surface area contributed by atoms with Crippen LogP contribution in [0, 0.1) is 0 Å². The molecule has 2 N–H and O–H groups in total. The molecular weight excluding hydrogens is 350 g/mol. The summed E-state index contributed by atoms with van der Waals surface area (Å²) >= 11 is 0. The Balaban J connectivity index is 1.97. The number of benzene rings is 1. The SMILES string of the molecule is CCCCCC/C=C\CCCCCCCC(=O)NCc1ccc(O)c(OC)c1. The van der Waals surface area contributed by atoms with Crippen molar-refractivity contribution < 1.29 is 14.6 Å². The summed E-state index contributed by atoms with van der Waals surface area (Å²) in [5, 5.41) is 12.5. The highest BCUT2D eigenvalue weighted by atomic mass is 16.5. The number of hydrogen-bond donors (Lipinski definition) is 2. The highest BCUT2D eigenvalue weighted by Crippen LogP contribution is 2.26. The number of allylic oxidation sites excluding steroid dienone is 2. The Morgan fingerprint density at radius 2 is 1.64 bits per heavy atom. The van der Waals surface area contributed by atoms with Crippen LogP contribution in [0.5, 0.6) is 11.5 Å². The molecule has 1 amide bonds. The van der Waals surface area contributed by atoms with Crippen LogP contribution in [0.1, 0.15) is 89.5 Å². The summed E-state index contributed by atoms with van der Waals surface area (Å²) in [6.07, 6.45) is 18.8. The molecule has 0 unspecified atom stereocenters. The number of unbranched alkanes of at least 4 members (excludes halogenated alkanes) is 9. The van der Waals surface area contributed by atoms with Crippen LogP contribution < -0.4 is 10.1 Å². The lowest BCUT2D eigenvalue weighted by atomic mass is 10.1. The summed E-state index contributed by atoms with van der Waals surface area (Å²) in [4.78, 5) is 11.9. The number of hydrogen-bond acceptors (Lipinski definition) is 3. The van der Waals surface area contributed by atoms with Crippen molar-refractivity contribution in [1.29, 1.82) is 0 Å². The molecule has 0 spiro atoms. The van der Waals surface area contributed by atoms with Gasteiger partial charge in [0.15, 0.2) is 11.5 Å². The maximum atomic E-state index is 11.9. The van der Waals surface area contributed by atoms with E-state index in [1.165, 1.54) is 64.9 Å². The first-order chi connectivity index (χ1) is 13.7. The number of amides is 1. The van der Waals surface area contributed by atoms with E-state index in [1.807, 2.05) is 0 Å². The van der Waals surface area contributed by atoms with E-state index in [4.69, 9.17) is 4.74 Å². The summed E-state index contributed by atoms with van der Waals surface area (Å²) in [6.45, 7) is 2.71. The average molecular weight is 390 g/mol. The van der Waals surface area contributed by atoms with Gasteiger partial charge in [0.25, 0.3) is 0 Å². The van der Waals surface area contributed by atoms with Crippen molar-refractivity contribution in [2.45, 2.75) is 90.5 Å². The molecule has 0 aliphatic carbocycles. The molecule has 4 nitrogen and oxygen atoms in total. The van der Waals surface area contributed by atoms with Crippen molar-refractivity contribution in [3.05, 3.63) is 35.9 Å². The number of phenolic OH excluding ortho intramolecular Hbond substituents is 1. The molecule has 4 heteroatoms. The van der Waals surface area contributed by atoms with E-state index in [0.717, 1.165) is 18.4 Å². The minimum absolute atomic E-state index is 0.0815. The first-order valence-corrected chi connectivity index (χ1v) is 10.9. The molecular formula is C24H39NO3. The summed E-state index contributed by atoms with van der Waals surface area (Å²) in [5.74, 6) is 0.621. The third-order valence-electron chi connectivity index (χ3n) is 4.90. The van der Waals surface area contributed by atoms with Crippen LogP contribution in [0.15, 0.2) is 30.4 Å². The van der Waals surface area contributed by atoms with E-state index in [9.17, 15) is 9.90 Å². The van der Waals surface area contributed by atoms with Crippen molar-refractivity contribution in [2.24, 2.45) is 0 Å². The lowest BCUT2D eigenvalue weighted by Crippen LogP contribution is -2.22. The quantitative estimate of drug-likeness (QED) is 0.258. The smallest absolute Gasteiger partial charge is 0.220 e. The van der Waals surface area contributed by atoms with E-state index < -0.39 is 0 Å². The molecule has 0 aliphatic rings. The highest BCUT2D eigenvalue weighted by molar-refractivity contribution is 5.75. The van der Waals surface area contributed by atoms with Crippen LogP contribution in [0.3, 0.4) is 0 Å². The molecule has 0 aliphatic heterocycles. The Morgan fingerprint density at radius 1 is 1.00 bits per heavy atom. The number of rotatable bonds is 16. The van der Waals surface area contributed by atoms with Gasteiger partial charge in [-0.15, -0.1) is 0 Å². The molecule has 0 saturated carbocycles. The van der Waals surface area contributed by atoms with Crippen LogP contribution >= 0.6 is 0 Å². The van der Waals surface area contributed by atoms with Crippen LogP contribution in [0.4, 0.5) is 0 Å². The molecule has 0 fully saturated rings. The zero-order chi connectivity index (χ0) is 20.5. The summed E-state index contributed by atoms with van der Waals surface area (Å²) in [7, 11) is 1.52. The number of methoxy groups -OCH3 is 1. The number of aromatic hydroxyl groups is 1. The first kappa shape index (κ1) is 24.1. The molecule has 0 radical (unpaired) electrons. The summed E-state index contributed by atoms with van der Waals surface area (Å²) in [5.41, 5.74) is 0.918. The van der Waals surface area contributed by atoms with Gasteiger partial charge in [0, 0.05) is 13.0 Å². The number of nitrogens with one attached hydrogen (secondary N) is 1. The van der Waals surface area contributed by atoms with Gasteiger partial charge in [-0.2, -0.15) is 0 Å². The third kappa shape index (κ3) is 11.7. The zero-order valence-electron chi connectivity index (χ0n) is 17.8. The van der Waals surface area contributed by atoms with E-state index in [2.05, 4.69) is 24.4 Å². The van der Waals surface area contributed by atoms with Gasteiger partial charge in [-0.3, -0.25) is 4.79 Å². The van der Waals surface area contributed by atoms with Crippen molar-refractivity contribution in [3.63, 3.8) is 0 Å². The fourth-order valence-corrected chi connectivity index (χ4v) is 3.12. The number of ether oxygens (including phenoxy) is 1. The fraction of sp³-hybridized carbons (Fsp3) is 0.625. The molecule has 28 heavy (non-hydrogen) atoms. The molecule has 0 bridgehead atoms. The minimum atomic E-state index is 0.0815. The second-order valence-corrected chi connectivity index (χ2v) is 7.41. The Bertz CT molecular complexity index is 569. The summed E-state index contributed by atoms with van der Waals surface area (Å²) < 4.78 is 5.08. The predicted octanol–water partition coefficient (Wildman–Crippen LogP) is 6.27. The Labute approximate surface area is 171 Å². The van der Waals surface area contributed by atoms with Crippen LogP contribution in [0.25, 0.3) is 0 Å². The van der Waals surface area contributed by atoms with E-state index in [0.29, 0.717) is 18.7 Å². The standard InChI is InChI=1S/C24H39NO3/c1-3-4-5-6-7-8-9-10-11-12-13-14-15-16-24(27)25-20-21-17-18-22(26)23(19-21)28-2/h8-9,17-19,26H,3-7,10-16,20H2,1-2H3,(H,25,27)/b9-8-. The van der Waals surface area contributed by atoms with Crippen LogP contribution in [-0.2, 0) is 11.3 Å². The maximum absolute atomic E-state index is 11.9. The van der Waals surface area contributed by atoms with Crippen molar-refractivity contribution >= 4 is 5.91 Å². The molecule has 1 rings (SSSR count).